The van der Waals surface area contributed by atoms with Gasteiger partial charge in [0.25, 0.3) is 5.91 Å². The van der Waals surface area contributed by atoms with Gasteiger partial charge in [0.15, 0.2) is 5.76 Å². The third-order valence-electron chi connectivity index (χ3n) is 6.14. The summed E-state index contributed by atoms with van der Waals surface area (Å²) in [7, 11) is 0. The molecule has 6 heteroatoms. The van der Waals surface area contributed by atoms with E-state index in [1.165, 1.54) is 29.7 Å². The summed E-state index contributed by atoms with van der Waals surface area (Å²) in [6.07, 6.45) is 8.06. The van der Waals surface area contributed by atoms with Crippen LogP contribution in [0.5, 0.6) is 0 Å². The number of amides is 1. The number of furan rings is 1. The molecule has 2 aromatic heterocycles. The van der Waals surface area contributed by atoms with E-state index in [0.717, 1.165) is 57.9 Å². The van der Waals surface area contributed by atoms with Gasteiger partial charge in [0.05, 0.1) is 0 Å². The Hall–Kier alpha value is -2.34. The van der Waals surface area contributed by atoms with Crippen molar-refractivity contribution in [1.82, 2.24) is 14.8 Å². The quantitative estimate of drug-likeness (QED) is 0.774. The van der Waals surface area contributed by atoms with Gasteiger partial charge in [-0.05, 0) is 57.0 Å². The van der Waals surface area contributed by atoms with E-state index in [1.807, 2.05) is 23.4 Å². The number of aryl methyl sites for hydroxylation is 2. The Kier molecular flexibility index (Phi) is 6.19. The van der Waals surface area contributed by atoms with Gasteiger partial charge in [-0.1, -0.05) is 6.92 Å². The molecule has 2 aliphatic rings. The first-order valence-electron chi connectivity index (χ1n) is 10.9. The predicted molar refractivity (Wildman–Crippen MR) is 114 cm³/mol. The second-order valence-electron chi connectivity index (χ2n) is 8.19. The van der Waals surface area contributed by atoms with Crippen molar-refractivity contribution in [3.63, 3.8) is 0 Å². The van der Waals surface area contributed by atoms with Crippen molar-refractivity contribution in [2.75, 3.05) is 44.2 Å². The number of hydrogen-bond donors (Lipinski definition) is 0. The van der Waals surface area contributed by atoms with Gasteiger partial charge in [-0.2, -0.15) is 0 Å². The van der Waals surface area contributed by atoms with Gasteiger partial charge in [-0.15, -0.1) is 0 Å². The van der Waals surface area contributed by atoms with E-state index < -0.39 is 0 Å². The molecule has 29 heavy (non-hydrogen) atoms. The monoisotopic (exact) mass is 396 g/mol. The highest BCUT2D eigenvalue weighted by Gasteiger charge is 2.25. The lowest BCUT2D eigenvalue weighted by molar-refractivity contribution is 0.0733. The van der Waals surface area contributed by atoms with Gasteiger partial charge >= 0.3 is 0 Å². The molecule has 2 aromatic rings. The van der Waals surface area contributed by atoms with Crippen molar-refractivity contribution in [1.29, 1.82) is 0 Å². The summed E-state index contributed by atoms with van der Waals surface area (Å²) >= 11 is 0. The summed E-state index contributed by atoms with van der Waals surface area (Å²) in [5, 5.41) is 0. The zero-order chi connectivity index (χ0) is 20.2. The summed E-state index contributed by atoms with van der Waals surface area (Å²) in [4.78, 5) is 24.1. The number of nitrogens with zero attached hydrogens (tertiary/aromatic N) is 4. The van der Waals surface area contributed by atoms with Crippen LogP contribution in [0, 0.1) is 6.92 Å². The smallest absolute Gasteiger partial charge is 0.289 e. The number of rotatable bonds is 5. The maximum atomic E-state index is 13.2. The lowest BCUT2D eigenvalue weighted by Crippen LogP contribution is -2.35. The van der Waals surface area contributed by atoms with Crippen LogP contribution >= 0.6 is 0 Å². The first kappa shape index (κ1) is 20.0. The minimum absolute atomic E-state index is 0.0284. The Morgan fingerprint density at radius 3 is 2.69 bits per heavy atom. The molecule has 2 saturated heterocycles. The third-order valence-corrected chi connectivity index (χ3v) is 6.14. The zero-order valence-electron chi connectivity index (χ0n) is 17.7. The van der Waals surface area contributed by atoms with Gasteiger partial charge in [0.2, 0.25) is 0 Å². The third kappa shape index (κ3) is 4.47. The topological polar surface area (TPSA) is 52.8 Å². The van der Waals surface area contributed by atoms with Crippen LogP contribution in [0.1, 0.15) is 53.6 Å². The van der Waals surface area contributed by atoms with Gasteiger partial charge in [-0.3, -0.25) is 14.7 Å². The van der Waals surface area contributed by atoms with Crippen molar-refractivity contribution in [3.05, 3.63) is 47.2 Å². The first-order chi connectivity index (χ1) is 14.2. The Morgan fingerprint density at radius 2 is 1.93 bits per heavy atom. The molecule has 0 atom stereocenters. The van der Waals surface area contributed by atoms with Gasteiger partial charge < -0.3 is 14.2 Å². The lowest BCUT2D eigenvalue weighted by atomic mass is 10.2. The van der Waals surface area contributed by atoms with Crippen LogP contribution < -0.4 is 4.90 Å². The molecule has 6 nitrogen and oxygen atoms in total. The maximum absolute atomic E-state index is 13.2. The highest BCUT2D eigenvalue weighted by Crippen LogP contribution is 2.24. The van der Waals surface area contributed by atoms with Crippen LogP contribution in [-0.4, -0.2) is 60.0 Å². The number of anilines is 1. The highest BCUT2D eigenvalue weighted by atomic mass is 16.4. The summed E-state index contributed by atoms with van der Waals surface area (Å²) < 4.78 is 6.02. The zero-order valence-corrected chi connectivity index (χ0v) is 17.7. The molecule has 0 unspecified atom stereocenters. The average molecular weight is 397 g/mol. The summed E-state index contributed by atoms with van der Waals surface area (Å²) in [6, 6.07) is 4.06. The number of pyridine rings is 1. The van der Waals surface area contributed by atoms with Crippen molar-refractivity contribution in [3.8, 4) is 0 Å². The van der Waals surface area contributed by atoms with E-state index in [4.69, 9.17) is 4.42 Å². The highest BCUT2D eigenvalue weighted by molar-refractivity contribution is 5.92. The Balaban J connectivity index is 1.44. The predicted octanol–water partition coefficient (Wildman–Crippen LogP) is 3.49. The molecule has 156 valence electrons. The molecule has 0 radical (unpaired) electrons. The van der Waals surface area contributed by atoms with Crippen LogP contribution in [0.25, 0.3) is 0 Å². The number of aromatic nitrogens is 1. The van der Waals surface area contributed by atoms with Crippen LogP contribution in [0.4, 0.5) is 5.69 Å². The minimum atomic E-state index is 0.0284. The van der Waals surface area contributed by atoms with Crippen LogP contribution in [0.2, 0.25) is 0 Å². The normalized spacial score (nSPS) is 18.3. The minimum Gasteiger partial charge on any atom is -0.456 e. The summed E-state index contributed by atoms with van der Waals surface area (Å²) in [5.74, 6) is 1.49. The van der Waals surface area contributed by atoms with E-state index in [9.17, 15) is 4.79 Å². The second-order valence-corrected chi connectivity index (χ2v) is 8.19. The molecule has 0 aromatic carbocycles. The Morgan fingerprint density at radius 1 is 1.10 bits per heavy atom. The average Bonchev–Trinajstić information content (AvgIpc) is 3.32. The fourth-order valence-electron chi connectivity index (χ4n) is 4.52. The van der Waals surface area contributed by atoms with Crippen LogP contribution in [0.15, 0.2) is 28.9 Å². The number of carbonyl (C=O) groups is 1. The molecule has 0 spiro atoms. The lowest BCUT2D eigenvalue weighted by Gasteiger charge is -2.24. The molecular weight excluding hydrogens is 364 g/mol. The standard InChI is InChI=1S/C23H32N4O2/c1-3-21-19(17-25-9-4-5-10-25)15-22(29-21)23(28)27-12-6-11-26(13-14-27)20-7-8-24-16-18(20)2/h7-8,15-16H,3-6,9-14,17H2,1-2H3. The summed E-state index contributed by atoms with van der Waals surface area (Å²) in [6.45, 7) is 10.6. The van der Waals surface area contributed by atoms with Crippen molar-refractivity contribution < 1.29 is 9.21 Å². The van der Waals surface area contributed by atoms with Gasteiger partial charge in [0, 0.05) is 62.8 Å². The molecule has 2 aliphatic heterocycles. The van der Waals surface area contributed by atoms with E-state index in [2.05, 4.69) is 34.7 Å². The van der Waals surface area contributed by atoms with Crippen molar-refractivity contribution in [2.45, 2.75) is 46.1 Å². The van der Waals surface area contributed by atoms with Crippen LogP contribution in [-0.2, 0) is 13.0 Å². The molecule has 4 heterocycles. The molecule has 1 amide bonds. The van der Waals surface area contributed by atoms with Gasteiger partial charge in [0.1, 0.15) is 5.76 Å². The first-order valence-corrected chi connectivity index (χ1v) is 10.9. The number of likely N-dealkylation sites (tertiary alicyclic amines) is 1. The summed E-state index contributed by atoms with van der Waals surface area (Å²) in [5.41, 5.74) is 3.58. The largest absolute Gasteiger partial charge is 0.456 e. The Labute approximate surface area is 173 Å². The molecule has 0 bridgehead atoms. The SMILES string of the molecule is CCc1oc(C(=O)N2CCCN(c3ccncc3C)CC2)cc1CN1CCCC1. The molecule has 0 aliphatic carbocycles. The van der Waals surface area contributed by atoms with Gasteiger partial charge in [-0.25, -0.2) is 0 Å². The molecule has 0 saturated carbocycles. The fraction of sp³-hybridized carbons (Fsp3) is 0.565. The molecule has 4 rings (SSSR count). The van der Waals surface area contributed by atoms with E-state index >= 15 is 0 Å². The maximum Gasteiger partial charge on any atom is 0.289 e. The molecule has 0 N–H and O–H groups in total. The van der Waals surface area contributed by atoms with Crippen LogP contribution in [0.3, 0.4) is 0 Å². The number of carbonyl (C=O) groups excluding carboxylic acids is 1. The van der Waals surface area contributed by atoms with E-state index in [1.54, 1.807) is 0 Å². The Bertz CT molecular complexity index is 841. The number of hydrogen-bond acceptors (Lipinski definition) is 5. The fourth-order valence-corrected chi connectivity index (χ4v) is 4.52. The second kappa shape index (κ2) is 8.99. The van der Waals surface area contributed by atoms with Crippen molar-refractivity contribution >= 4 is 11.6 Å². The van der Waals surface area contributed by atoms with Crippen molar-refractivity contribution in [2.24, 2.45) is 0 Å². The van der Waals surface area contributed by atoms with E-state index in [-0.39, 0.29) is 5.91 Å². The van der Waals surface area contributed by atoms with E-state index in [0.29, 0.717) is 12.3 Å². The molecular formula is C23H32N4O2. The molecule has 2 fully saturated rings.